The summed E-state index contributed by atoms with van der Waals surface area (Å²) >= 11 is 0. The number of carbonyl (C=O) groups excluding carboxylic acids is 1. The summed E-state index contributed by atoms with van der Waals surface area (Å²) in [5.74, 6) is 1.25. The average Bonchev–Trinajstić information content (AvgIpc) is 2.58. The molecule has 1 heterocycles. The van der Waals surface area contributed by atoms with Crippen molar-refractivity contribution in [3.05, 3.63) is 23.9 Å². The number of nitrogens with one attached hydrogen (secondary N) is 3. The van der Waals surface area contributed by atoms with Gasteiger partial charge in [-0.25, -0.2) is 4.98 Å². The van der Waals surface area contributed by atoms with Crippen molar-refractivity contribution in [2.75, 3.05) is 38.2 Å². The first-order valence-electron chi connectivity index (χ1n) is 8.99. The molecule has 0 saturated heterocycles. The molecule has 0 unspecified atom stereocenters. The molecule has 0 aliphatic rings. The van der Waals surface area contributed by atoms with Gasteiger partial charge in [0, 0.05) is 45.0 Å². The minimum atomic E-state index is -0.0711. The van der Waals surface area contributed by atoms with Crippen molar-refractivity contribution in [2.45, 2.75) is 40.0 Å². The number of ether oxygens (including phenoxy) is 1. The van der Waals surface area contributed by atoms with Crippen LogP contribution in [0.5, 0.6) is 0 Å². The molecule has 1 aromatic heterocycles. The molecule has 0 aliphatic carbocycles. The van der Waals surface area contributed by atoms with Gasteiger partial charge in [-0.15, -0.1) is 24.0 Å². The first-order chi connectivity index (χ1) is 12.2. The number of aromatic nitrogens is 1. The number of pyridine rings is 1. The van der Waals surface area contributed by atoms with Crippen molar-refractivity contribution in [1.29, 1.82) is 0 Å². The van der Waals surface area contributed by atoms with E-state index in [0.717, 1.165) is 50.8 Å². The standard InChI is InChI=1S/C18H31N5O2.HI/c1-4-19-18(20-12-6-7-14-25-5-2)21-13-11-17(24)23-16-10-8-9-15(3)22-16;/h8-10H,4-7,11-14H2,1-3H3,(H2,19,20,21)(H,22,23,24);1H. The molecule has 1 rings (SSSR count). The lowest BCUT2D eigenvalue weighted by atomic mass is 10.3. The molecule has 3 N–H and O–H groups in total. The Morgan fingerprint density at radius 1 is 1.23 bits per heavy atom. The van der Waals surface area contributed by atoms with Crippen LogP contribution in [0.25, 0.3) is 0 Å². The highest BCUT2D eigenvalue weighted by Crippen LogP contribution is 2.03. The number of rotatable bonds is 11. The number of hydrogen-bond donors (Lipinski definition) is 3. The van der Waals surface area contributed by atoms with Crippen LogP contribution in [0.15, 0.2) is 23.2 Å². The van der Waals surface area contributed by atoms with Crippen LogP contribution in [0.1, 0.15) is 38.8 Å². The number of hydrogen-bond acceptors (Lipinski definition) is 4. The molecule has 26 heavy (non-hydrogen) atoms. The SMILES string of the molecule is CCNC(=NCCCCOCC)NCCC(=O)Nc1cccc(C)n1.I. The third kappa shape index (κ3) is 12.0. The van der Waals surface area contributed by atoms with Gasteiger partial charge in [-0.2, -0.15) is 0 Å². The summed E-state index contributed by atoms with van der Waals surface area (Å²) in [5.41, 5.74) is 0.877. The summed E-state index contributed by atoms with van der Waals surface area (Å²) in [6.07, 6.45) is 2.34. The third-order valence-electron chi connectivity index (χ3n) is 3.32. The Hall–Kier alpha value is -1.42. The van der Waals surface area contributed by atoms with E-state index in [1.807, 2.05) is 32.9 Å². The van der Waals surface area contributed by atoms with Gasteiger partial charge in [0.15, 0.2) is 5.96 Å². The van der Waals surface area contributed by atoms with Crippen LogP contribution in [0.2, 0.25) is 0 Å². The van der Waals surface area contributed by atoms with E-state index in [1.54, 1.807) is 6.07 Å². The van der Waals surface area contributed by atoms with Crippen molar-refractivity contribution in [3.63, 3.8) is 0 Å². The lowest BCUT2D eigenvalue weighted by Gasteiger charge is -2.11. The van der Waals surface area contributed by atoms with Crippen molar-refractivity contribution in [3.8, 4) is 0 Å². The molecule has 148 valence electrons. The van der Waals surface area contributed by atoms with Crippen LogP contribution in [-0.4, -0.2) is 49.7 Å². The molecule has 7 nitrogen and oxygen atoms in total. The van der Waals surface area contributed by atoms with Gasteiger partial charge in [0.25, 0.3) is 0 Å². The van der Waals surface area contributed by atoms with Gasteiger partial charge >= 0.3 is 0 Å². The number of amides is 1. The number of unbranched alkanes of at least 4 members (excludes halogenated alkanes) is 1. The van der Waals surface area contributed by atoms with E-state index in [-0.39, 0.29) is 29.9 Å². The first-order valence-corrected chi connectivity index (χ1v) is 8.99. The maximum atomic E-state index is 12.0. The smallest absolute Gasteiger partial charge is 0.227 e. The van der Waals surface area contributed by atoms with Gasteiger partial charge in [0.05, 0.1) is 0 Å². The van der Waals surface area contributed by atoms with E-state index in [4.69, 9.17) is 4.74 Å². The molecule has 0 aromatic carbocycles. The average molecular weight is 477 g/mol. The molecule has 1 amide bonds. The number of aryl methyl sites for hydroxylation is 1. The van der Waals surface area contributed by atoms with Crippen LogP contribution in [0, 0.1) is 6.92 Å². The second kappa shape index (κ2) is 15.8. The minimum Gasteiger partial charge on any atom is -0.382 e. The first kappa shape index (κ1) is 24.6. The molecule has 1 aromatic rings. The predicted octanol–water partition coefficient (Wildman–Crippen LogP) is 2.71. The van der Waals surface area contributed by atoms with E-state index in [0.29, 0.717) is 18.8 Å². The van der Waals surface area contributed by atoms with Crippen molar-refractivity contribution in [1.82, 2.24) is 15.6 Å². The summed E-state index contributed by atoms with van der Waals surface area (Å²) in [7, 11) is 0. The molecule has 0 atom stereocenters. The van der Waals surface area contributed by atoms with Crippen LogP contribution in [0.4, 0.5) is 5.82 Å². The van der Waals surface area contributed by atoms with Crippen LogP contribution >= 0.6 is 24.0 Å². The monoisotopic (exact) mass is 477 g/mol. The second-order valence-corrected chi connectivity index (χ2v) is 5.55. The fraction of sp³-hybridized carbons (Fsp3) is 0.611. The topological polar surface area (TPSA) is 87.6 Å². The van der Waals surface area contributed by atoms with E-state index in [1.165, 1.54) is 0 Å². The quantitative estimate of drug-likeness (QED) is 0.198. The maximum absolute atomic E-state index is 12.0. The summed E-state index contributed by atoms with van der Waals surface area (Å²) in [6, 6.07) is 5.55. The van der Waals surface area contributed by atoms with Gasteiger partial charge in [-0.3, -0.25) is 9.79 Å². The van der Waals surface area contributed by atoms with Crippen LogP contribution in [-0.2, 0) is 9.53 Å². The van der Waals surface area contributed by atoms with Crippen molar-refractivity contribution >= 4 is 41.7 Å². The van der Waals surface area contributed by atoms with Crippen LogP contribution < -0.4 is 16.0 Å². The Morgan fingerprint density at radius 2 is 2.04 bits per heavy atom. The maximum Gasteiger partial charge on any atom is 0.227 e. The Balaban J connectivity index is 0.00000625. The van der Waals surface area contributed by atoms with Crippen molar-refractivity contribution < 1.29 is 9.53 Å². The van der Waals surface area contributed by atoms with Gasteiger partial charge in [0.2, 0.25) is 5.91 Å². The highest BCUT2D eigenvalue weighted by molar-refractivity contribution is 14.0. The zero-order valence-electron chi connectivity index (χ0n) is 16.0. The molecule has 0 spiro atoms. The Bertz CT molecular complexity index is 540. The Kier molecular flexibility index (Phi) is 14.9. The highest BCUT2D eigenvalue weighted by Gasteiger charge is 2.04. The number of carbonyl (C=O) groups is 1. The molecule has 0 radical (unpaired) electrons. The lowest BCUT2D eigenvalue weighted by molar-refractivity contribution is -0.116. The normalized spacial score (nSPS) is 10.8. The van der Waals surface area contributed by atoms with Crippen molar-refractivity contribution in [2.24, 2.45) is 4.99 Å². The molecule has 0 saturated carbocycles. The zero-order valence-corrected chi connectivity index (χ0v) is 18.3. The largest absolute Gasteiger partial charge is 0.382 e. The number of halogens is 1. The molecule has 8 heteroatoms. The molecule has 0 aliphatic heterocycles. The summed E-state index contributed by atoms with van der Waals surface area (Å²) < 4.78 is 5.31. The number of anilines is 1. The van der Waals surface area contributed by atoms with E-state index in [2.05, 4.69) is 25.9 Å². The summed E-state index contributed by atoms with van der Waals surface area (Å²) in [5, 5.41) is 9.15. The second-order valence-electron chi connectivity index (χ2n) is 5.55. The summed E-state index contributed by atoms with van der Waals surface area (Å²) in [4.78, 5) is 20.7. The molecular formula is C18H32IN5O2. The Morgan fingerprint density at radius 3 is 2.73 bits per heavy atom. The van der Waals surface area contributed by atoms with Gasteiger partial charge in [-0.1, -0.05) is 6.07 Å². The van der Waals surface area contributed by atoms with E-state index in [9.17, 15) is 4.79 Å². The summed E-state index contributed by atoms with van der Waals surface area (Å²) in [6.45, 7) is 9.48. The minimum absolute atomic E-state index is 0. The fourth-order valence-corrected chi connectivity index (χ4v) is 2.11. The van der Waals surface area contributed by atoms with Gasteiger partial charge < -0.3 is 20.7 Å². The third-order valence-corrected chi connectivity index (χ3v) is 3.32. The van der Waals surface area contributed by atoms with E-state index < -0.39 is 0 Å². The van der Waals surface area contributed by atoms with Gasteiger partial charge in [-0.05, 0) is 45.7 Å². The molecule has 0 bridgehead atoms. The van der Waals surface area contributed by atoms with Gasteiger partial charge in [0.1, 0.15) is 5.82 Å². The number of aliphatic imine (C=N–C) groups is 1. The predicted molar refractivity (Wildman–Crippen MR) is 117 cm³/mol. The zero-order chi connectivity index (χ0) is 18.3. The number of nitrogens with zero attached hydrogens (tertiary/aromatic N) is 2. The molecule has 0 fully saturated rings. The number of guanidine groups is 1. The lowest BCUT2D eigenvalue weighted by Crippen LogP contribution is -2.38. The fourth-order valence-electron chi connectivity index (χ4n) is 2.11. The highest BCUT2D eigenvalue weighted by atomic mass is 127. The van der Waals surface area contributed by atoms with E-state index >= 15 is 0 Å². The van der Waals surface area contributed by atoms with Crippen LogP contribution in [0.3, 0.4) is 0 Å². The Labute approximate surface area is 173 Å². The molecular weight excluding hydrogens is 445 g/mol.